The highest BCUT2D eigenvalue weighted by Gasteiger charge is 2.18. The summed E-state index contributed by atoms with van der Waals surface area (Å²) >= 11 is 0. The summed E-state index contributed by atoms with van der Waals surface area (Å²) < 4.78 is 4.94. The normalized spacial score (nSPS) is 21.1. The van der Waals surface area contributed by atoms with Gasteiger partial charge in [-0.3, -0.25) is 0 Å². The second-order valence-electron chi connectivity index (χ2n) is 3.38. The maximum absolute atomic E-state index is 5.74. The molecule has 0 spiro atoms. The predicted octanol–water partition coefficient (Wildman–Crippen LogP) is 0.492. The van der Waals surface area contributed by atoms with E-state index in [1.54, 1.807) is 0 Å². The van der Waals surface area contributed by atoms with E-state index in [-0.39, 0.29) is 0 Å². The van der Waals surface area contributed by atoms with E-state index in [9.17, 15) is 0 Å². The molecular weight excluding hydrogens is 180 g/mol. The Balaban J connectivity index is 2.23. The summed E-state index contributed by atoms with van der Waals surface area (Å²) in [5.41, 5.74) is 7.20. The van der Waals surface area contributed by atoms with Crippen LogP contribution in [0.25, 0.3) is 0 Å². The summed E-state index contributed by atoms with van der Waals surface area (Å²) in [5.74, 6) is 0.395. The van der Waals surface area contributed by atoms with E-state index < -0.39 is 0 Å². The molecule has 1 unspecified atom stereocenters. The monoisotopic (exact) mass is 194 g/mol. The van der Waals surface area contributed by atoms with Gasteiger partial charge in [-0.1, -0.05) is 0 Å². The van der Waals surface area contributed by atoms with Gasteiger partial charge in [0, 0.05) is 0 Å². The molecule has 3 N–H and O–H groups in total. The largest absolute Gasteiger partial charge is 0.478 e. The topological polar surface area (TPSA) is 73.1 Å². The van der Waals surface area contributed by atoms with Gasteiger partial charge in [-0.05, 0) is 25.5 Å². The number of rotatable bonds is 2. The lowest BCUT2D eigenvalue weighted by atomic mass is 10.1. The Kier molecular flexibility index (Phi) is 2.49. The van der Waals surface area contributed by atoms with Crippen LogP contribution in [0, 0.1) is 0 Å². The number of aromatic nitrogens is 2. The first-order valence-corrected chi connectivity index (χ1v) is 4.71. The number of ether oxygens (including phenoxy) is 1. The molecule has 1 atom stereocenters. The summed E-state index contributed by atoms with van der Waals surface area (Å²) in [4.78, 5) is 0. The number of anilines is 1. The minimum atomic E-state index is 0.302. The van der Waals surface area contributed by atoms with E-state index >= 15 is 0 Å². The van der Waals surface area contributed by atoms with Crippen LogP contribution in [0.3, 0.4) is 0 Å². The fourth-order valence-electron chi connectivity index (χ4n) is 1.68. The van der Waals surface area contributed by atoms with Gasteiger partial charge in [0.25, 0.3) is 5.88 Å². The third kappa shape index (κ3) is 1.63. The van der Waals surface area contributed by atoms with Crippen molar-refractivity contribution in [1.29, 1.82) is 0 Å². The van der Waals surface area contributed by atoms with Crippen LogP contribution in [-0.2, 0) is 0 Å². The summed E-state index contributed by atoms with van der Waals surface area (Å²) in [6.45, 7) is 1.04. The number of methoxy groups -OCH3 is 1. The Morgan fingerprint density at radius 1 is 1.57 bits per heavy atom. The highest BCUT2D eigenvalue weighted by Crippen LogP contribution is 2.25. The van der Waals surface area contributed by atoms with E-state index in [2.05, 4.69) is 15.5 Å². The fourth-order valence-corrected chi connectivity index (χ4v) is 1.68. The molecular formula is C9H14N4O. The second-order valence-corrected chi connectivity index (χ2v) is 3.38. The molecule has 0 radical (unpaired) electrons. The lowest BCUT2D eigenvalue weighted by molar-refractivity contribution is 0.392. The number of nitrogens with one attached hydrogen (secondary N) is 1. The van der Waals surface area contributed by atoms with Gasteiger partial charge in [0.2, 0.25) is 0 Å². The van der Waals surface area contributed by atoms with Crippen LogP contribution in [0.1, 0.15) is 24.6 Å². The van der Waals surface area contributed by atoms with Gasteiger partial charge in [0.05, 0.1) is 24.5 Å². The highest BCUT2D eigenvalue weighted by atomic mass is 16.5. The van der Waals surface area contributed by atoms with Crippen molar-refractivity contribution < 1.29 is 4.74 Å². The third-order valence-electron chi connectivity index (χ3n) is 2.42. The Morgan fingerprint density at radius 3 is 3.00 bits per heavy atom. The quantitative estimate of drug-likeness (QED) is 0.717. The lowest BCUT2D eigenvalue weighted by Crippen LogP contribution is -2.15. The minimum Gasteiger partial charge on any atom is -0.478 e. The molecule has 0 bridgehead atoms. The molecule has 1 aliphatic heterocycles. The lowest BCUT2D eigenvalue weighted by Gasteiger charge is -2.10. The third-order valence-corrected chi connectivity index (χ3v) is 2.42. The minimum absolute atomic E-state index is 0.302. The number of nitrogen functional groups attached to an aromatic ring is 1. The van der Waals surface area contributed by atoms with Crippen molar-refractivity contribution in [3.8, 4) is 5.88 Å². The summed E-state index contributed by atoms with van der Waals surface area (Å²) in [7, 11) is 1.54. The standard InChI is InChI=1S/C9H14N4O/c1-14-9-6(10)5-8(12-13-9)7-3-2-4-11-7/h5,7,11H,2-4H2,1H3,(H2,10,12). The molecule has 14 heavy (non-hydrogen) atoms. The second kappa shape index (κ2) is 3.79. The number of hydrogen-bond acceptors (Lipinski definition) is 5. The molecule has 0 amide bonds. The van der Waals surface area contributed by atoms with E-state index in [0.717, 1.165) is 18.7 Å². The number of hydrogen-bond donors (Lipinski definition) is 2. The fraction of sp³-hybridized carbons (Fsp3) is 0.556. The van der Waals surface area contributed by atoms with Crippen molar-refractivity contribution in [3.05, 3.63) is 11.8 Å². The molecule has 1 fully saturated rings. The van der Waals surface area contributed by atoms with Crippen molar-refractivity contribution in [2.75, 3.05) is 19.4 Å². The maximum atomic E-state index is 5.74. The number of nitrogens with two attached hydrogens (primary N) is 1. The Hall–Kier alpha value is -1.36. The van der Waals surface area contributed by atoms with Crippen molar-refractivity contribution in [3.63, 3.8) is 0 Å². The molecule has 5 heteroatoms. The summed E-state index contributed by atoms with van der Waals surface area (Å²) in [6.07, 6.45) is 2.28. The van der Waals surface area contributed by atoms with E-state index in [0.29, 0.717) is 17.6 Å². The van der Waals surface area contributed by atoms with Gasteiger partial charge in [0.1, 0.15) is 0 Å². The van der Waals surface area contributed by atoms with Crippen LogP contribution < -0.4 is 15.8 Å². The molecule has 2 rings (SSSR count). The molecule has 1 aromatic rings. The van der Waals surface area contributed by atoms with E-state index in [4.69, 9.17) is 10.5 Å². The molecule has 1 aromatic heterocycles. The average Bonchev–Trinajstić information content (AvgIpc) is 2.70. The smallest absolute Gasteiger partial charge is 0.256 e. The first-order valence-electron chi connectivity index (χ1n) is 4.71. The van der Waals surface area contributed by atoms with Gasteiger partial charge in [-0.25, -0.2) is 0 Å². The van der Waals surface area contributed by atoms with Crippen LogP contribution in [0.15, 0.2) is 6.07 Å². The van der Waals surface area contributed by atoms with Gasteiger partial charge in [-0.15, -0.1) is 5.10 Å². The average molecular weight is 194 g/mol. The van der Waals surface area contributed by atoms with Gasteiger partial charge < -0.3 is 15.8 Å². The highest BCUT2D eigenvalue weighted by molar-refractivity contribution is 5.48. The predicted molar refractivity (Wildman–Crippen MR) is 53.0 cm³/mol. The zero-order valence-electron chi connectivity index (χ0n) is 8.16. The summed E-state index contributed by atoms with van der Waals surface area (Å²) in [5, 5.41) is 11.3. The molecule has 1 saturated heterocycles. The molecule has 1 aliphatic rings. The first-order chi connectivity index (χ1) is 6.81. The van der Waals surface area contributed by atoms with Gasteiger partial charge in [0.15, 0.2) is 0 Å². The van der Waals surface area contributed by atoms with Crippen molar-refractivity contribution in [2.24, 2.45) is 0 Å². The van der Waals surface area contributed by atoms with E-state index in [1.807, 2.05) is 6.07 Å². The Labute approximate surface area is 82.7 Å². The maximum Gasteiger partial charge on any atom is 0.256 e. The molecule has 2 heterocycles. The van der Waals surface area contributed by atoms with Crippen LogP contribution in [0.5, 0.6) is 5.88 Å². The van der Waals surface area contributed by atoms with Gasteiger partial charge in [-0.2, -0.15) is 5.10 Å². The van der Waals surface area contributed by atoms with Crippen molar-refractivity contribution in [2.45, 2.75) is 18.9 Å². The van der Waals surface area contributed by atoms with Crippen molar-refractivity contribution >= 4 is 5.69 Å². The Morgan fingerprint density at radius 2 is 2.43 bits per heavy atom. The van der Waals surface area contributed by atoms with Crippen LogP contribution >= 0.6 is 0 Å². The Bertz CT molecular complexity index is 323. The van der Waals surface area contributed by atoms with Gasteiger partial charge >= 0.3 is 0 Å². The van der Waals surface area contributed by atoms with Crippen molar-refractivity contribution in [1.82, 2.24) is 15.5 Å². The molecule has 0 aliphatic carbocycles. The molecule has 76 valence electrons. The van der Waals surface area contributed by atoms with Crippen LogP contribution in [-0.4, -0.2) is 23.9 Å². The first kappa shape index (κ1) is 9.21. The number of nitrogens with zero attached hydrogens (tertiary/aromatic N) is 2. The SMILES string of the molecule is COc1nnc(C2CCCN2)cc1N. The molecule has 0 aromatic carbocycles. The van der Waals surface area contributed by atoms with Crippen LogP contribution in [0.2, 0.25) is 0 Å². The summed E-state index contributed by atoms with van der Waals surface area (Å²) in [6, 6.07) is 2.13. The molecule has 5 nitrogen and oxygen atoms in total. The molecule has 0 saturated carbocycles. The van der Waals surface area contributed by atoms with E-state index in [1.165, 1.54) is 13.5 Å². The zero-order chi connectivity index (χ0) is 9.97. The van der Waals surface area contributed by atoms with Crippen LogP contribution in [0.4, 0.5) is 5.69 Å². The zero-order valence-corrected chi connectivity index (χ0v) is 8.16.